The van der Waals surface area contributed by atoms with Crippen LogP contribution in [0.15, 0.2) is 112 Å². The summed E-state index contributed by atoms with van der Waals surface area (Å²) in [6.45, 7) is 11.6. The van der Waals surface area contributed by atoms with Gasteiger partial charge in [-0.2, -0.15) is 5.26 Å². The van der Waals surface area contributed by atoms with Crippen molar-refractivity contribution < 1.29 is 45.9 Å². The predicted octanol–water partition coefficient (Wildman–Crippen LogP) is 5.10. The molecule has 0 bridgehead atoms. The zero-order chi connectivity index (χ0) is 23.7. The van der Waals surface area contributed by atoms with Crippen molar-refractivity contribution in [3.05, 3.63) is 120 Å². The second kappa shape index (κ2) is 12.4. The van der Waals surface area contributed by atoms with Crippen molar-refractivity contribution in [2.75, 3.05) is 7.05 Å². The molecule has 0 saturated heterocycles. The first-order chi connectivity index (χ1) is 15.1. The molecule has 0 fully saturated rings. The average molecular weight is 559 g/mol. The zero-order valence-electron chi connectivity index (χ0n) is 20.4. The van der Waals surface area contributed by atoms with Gasteiger partial charge < -0.3 is 12.3 Å². The number of sulfone groups is 1. The van der Waals surface area contributed by atoms with E-state index in [1.165, 1.54) is 30.4 Å². The van der Waals surface area contributed by atoms with Gasteiger partial charge in [-0.3, -0.25) is 4.79 Å². The number of hydrogen-bond acceptors (Lipinski definition) is 5. The maximum Gasteiger partial charge on any atom is 0.211 e. The number of nitriles is 1. The van der Waals surface area contributed by atoms with Gasteiger partial charge in [0.2, 0.25) is 15.6 Å². The van der Waals surface area contributed by atoms with Gasteiger partial charge in [-0.15, -0.1) is 0 Å². The molecule has 2 aliphatic rings. The molecule has 0 spiro atoms. The van der Waals surface area contributed by atoms with Gasteiger partial charge in [0.25, 0.3) is 0 Å². The molecule has 176 valence electrons. The van der Waals surface area contributed by atoms with Crippen molar-refractivity contribution in [1.29, 1.82) is 5.26 Å². The summed E-state index contributed by atoms with van der Waals surface area (Å²) in [4.78, 5) is 14.2. The second-order valence-electron chi connectivity index (χ2n) is 7.87. The van der Waals surface area contributed by atoms with E-state index in [1.807, 2.05) is 37.9 Å². The smallest absolute Gasteiger partial charge is 0.211 e. The molecule has 2 aliphatic heterocycles. The number of hydrogen-bond donors (Lipinski definition) is 0. The summed E-state index contributed by atoms with van der Waals surface area (Å²) in [6, 6.07) is 8.34. The second-order valence-corrected chi connectivity index (χ2v) is 9.76. The molecule has 3 rings (SSSR count). The molecule has 0 aromatic heterocycles. The maximum absolute atomic E-state index is 12.7. The Morgan fingerprint density at radius 3 is 2.34 bits per heavy atom. The van der Waals surface area contributed by atoms with E-state index in [0.29, 0.717) is 5.57 Å². The fraction of sp³-hybridized carbons (Fsp3) is 0.148. The number of benzene rings is 1. The van der Waals surface area contributed by atoms with E-state index in [2.05, 4.69) is 19.2 Å². The summed E-state index contributed by atoms with van der Waals surface area (Å²) in [5.74, 6) is -0.540. The predicted molar refractivity (Wildman–Crippen MR) is 138 cm³/mol. The van der Waals surface area contributed by atoms with Crippen LogP contribution in [-0.2, 0) is 42.5 Å². The van der Waals surface area contributed by atoms with E-state index in [4.69, 9.17) is 0 Å². The largest absolute Gasteiger partial charge is 0.358 e. The monoisotopic (exact) mass is 559 g/mol. The summed E-state index contributed by atoms with van der Waals surface area (Å²) in [5.41, 5.74) is 2.61. The van der Waals surface area contributed by atoms with E-state index in [0.717, 1.165) is 17.0 Å². The third-order valence-corrected chi connectivity index (χ3v) is 7.49. The van der Waals surface area contributed by atoms with Gasteiger partial charge in [0.1, 0.15) is 11.0 Å². The molecule has 4 radical (unpaired) electrons. The van der Waals surface area contributed by atoms with E-state index >= 15 is 0 Å². The number of fused-ring (bicyclic) bond motifs is 1. The quantitative estimate of drug-likeness (QED) is 0.165. The number of allylic oxidation sites excluding steroid dienone is 10. The van der Waals surface area contributed by atoms with Crippen molar-refractivity contribution >= 4 is 24.0 Å². The Labute approximate surface area is 236 Å². The molecule has 35 heavy (non-hydrogen) atoms. The first-order valence-corrected chi connectivity index (χ1v) is 11.4. The number of rotatable bonds is 5. The molecule has 0 N–H and O–H groups in total. The van der Waals surface area contributed by atoms with E-state index < -0.39 is 21.0 Å². The summed E-state index contributed by atoms with van der Waals surface area (Å²) in [7, 11) is -2.01. The van der Waals surface area contributed by atoms with Crippen LogP contribution in [0.5, 0.6) is 0 Å². The van der Waals surface area contributed by atoms with Gasteiger partial charge in [-0.1, -0.05) is 63.4 Å². The Morgan fingerprint density at radius 1 is 1.17 bits per heavy atom. The number of ketones is 1. The zero-order valence-corrected chi connectivity index (χ0v) is 24.1. The van der Waals surface area contributed by atoms with Crippen LogP contribution >= 0.6 is 0 Å². The standard InChI is InChI=1S/C26H24N2O3S.CH3.B.Y/c1-6-8-14-21-20(7-2)26(3,4)25(28(21)5)18(17-27)12-11-16-23-24(29)19-13-9-10-15-22(19)32(23,30)31;;;/h6-16H,1-2H2,3-5H3;1H3;;/q;-1;;/b12-11+,14-8-,23-16-,25-18-;;;. The minimum absolute atomic E-state index is 0. The molecule has 2 heterocycles. The maximum atomic E-state index is 12.7. The van der Waals surface area contributed by atoms with Crippen molar-refractivity contribution in [3.8, 4) is 6.07 Å². The van der Waals surface area contributed by atoms with Gasteiger partial charge in [0, 0.05) is 70.5 Å². The first-order valence-electron chi connectivity index (χ1n) is 9.95. The van der Waals surface area contributed by atoms with Gasteiger partial charge in [0.05, 0.1) is 10.5 Å². The van der Waals surface area contributed by atoms with Crippen LogP contribution in [0.25, 0.3) is 0 Å². The topological polar surface area (TPSA) is 78.2 Å². The Balaban J connectivity index is 0.00000385. The van der Waals surface area contributed by atoms with Crippen LogP contribution in [0.3, 0.4) is 0 Å². The number of likely N-dealkylation sites (N-methyl/N-ethyl adjacent to an activating group) is 1. The fourth-order valence-corrected chi connectivity index (χ4v) is 5.79. The van der Waals surface area contributed by atoms with E-state index in [1.54, 1.807) is 24.3 Å². The van der Waals surface area contributed by atoms with Gasteiger partial charge in [-0.05, 0) is 35.9 Å². The van der Waals surface area contributed by atoms with Crippen LogP contribution in [0, 0.1) is 24.2 Å². The minimum atomic E-state index is -3.87. The molecular formula is C27H27BN2O3SY-. The fourth-order valence-electron chi connectivity index (χ4n) is 4.23. The van der Waals surface area contributed by atoms with Crippen LogP contribution in [0.4, 0.5) is 0 Å². The Bertz CT molecular complexity index is 1340. The molecule has 0 unspecified atom stereocenters. The van der Waals surface area contributed by atoms with Crippen LogP contribution in [0.2, 0.25) is 0 Å². The van der Waals surface area contributed by atoms with Gasteiger partial charge >= 0.3 is 0 Å². The number of carbonyl (C=O) groups is 1. The summed E-state index contributed by atoms with van der Waals surface area (Å²) < 4.78 is 25.5. The normalized spacial score (nSPS) is 20.1. The Morgan fingerprint density at radius 2 is 1.80 bits per heavy atom. The molecule has 5 nitrogen and oxygen atoms in total. The minimum Gasteiger partial charge on any atom is -0.358 e. The van der Waals surface area contributed by atoms with E-state index in [-0.39, 0.29) is 63.9 Å². The van der Waals surface area contributed by atoms with Crippen LogP contribution < -0.4 is 0 Å². The molecule has 0 atom stereocenters. The molecule has 1 aromatic carbocycles. The molecular weight excluding hydrogens is 532 g/mol. The number of carbonyl (C=O) groups excluding carboxylic acids is 1. The number of Topliss-reactive ketones (excluding diaryl/α,β-unsaturated/α-hetero) is 1. The molecule has 0 amide bonds. The third kappa shape index (κ3) is 5.51. The van der Waals surface area contributed by atoms with Crippen LogP contribution in [0.1, 0.15) is 24.2 Å². The Kier molecular flexibility index (Phi) is 11.5. The average Bonchev–Trinajstić information content (AvgIpc) is 3.07. The Hall–Kier alpha value is -2.52. The van der Waals surface area contributed by atoms with Crippen molar-refractivity contribution in [2.45, 2.75) is 18.7 Å². The van der Waals surface area contributed by atoms with Gasteiger partial charge in [-0.25, -0.2) is 8.42 Å². The van der Waals surface area contributed by atoms with Crippen LogP contribution in [-0.4, -0.2) is 34.6 Å². The first kappa shape index (κ1) is 32.5. The molecule has 0 aliphatic carbocycles. The summed E-state index contributed by atoms with van der Waals surface area (Å²) in [6.07, 6.45) is 11.4. The summed E-state index contributed by atoms with van der Waals surface area (Å²) in [5, 5.41) is 9.88. The SMILES string of the molecule is C=C/C=C\C1=C(C=C)C(C)(C)\C(=C(C#N)/C=C/C=C2/C(=O)c3ccccc3S2(=O)=O)N1C.[B].[CH3-].[Y]. The molecule has 1 aromatic rings. The number of nitrogens with zero attached hydrogens (tertiary/aromatic N) is 2. The summed E-state index contributed by atoms with van der Waals surface area (Å²) >= 11 is 0. The van der Waals surface area contributed by atoms with Gasteiger partial charge in [0.15, 0.2) is 0 Å². The van der Waals surface area contributed by atoms with E-state index in [9.17, 15) is 18.5 Å². The van der Waals surface area contributed by atoms with Crippen molar-refractivity contribution in [1.82, 2.24) is 4.90 Å². The third-order valence-electron chi connectivity index (χ3n) is 5.65. The molecule has 8 heteroatoms. The van der Waals surface area contributed by atoms with Crippen molar-refractivity contribution in [2.24, 2.45) is 5.41 Å². The molecule has 0 saturated carbocycles. The van der Waals surface area contributed by atoms with Crippen molar-refractivity contribution in [3.63, 3.8) is 0 Å².